The summed E-state index contributed by atoms with van der Waals surface area (Å²) >= 11 is 7.47. The number of hydrogen-bond acceptors (Lipinski definition) is 6. The zero-order valence-electron chi connectivity index (χ0n) is 24.4. The van der Waals surface area contributed by atoms with Crippen LogP contribution in [0.1, 0.15) is 75.0 Å². The minimum absolute atomic E-state index is 1.12. The third-order valence-corrected chi connectivity index (χ3v) is 12.9. The van der Waals surface area contributed by atoms with Crippen molar-refractivity contribution < 1.29 is 0 Å². The fourth-order valence-corrected chi connectivity index (χ4v) is 10.1. The van der Waals surface area contributed by atoms with Crippen LogP contribution in [0.25, 0.3) is 61.7 Å². The van der Waals surface area contributed by atoms with Gasteiger partial charge in [0.25, 0.3) is 0 Å². The average Bonchev–Trinajstić information content (AvgIpc) is 3.82. The zero-order chi connectivity index (χ0) is 28.5. The van der Waals surface area contributed by atoms with Gasteiger partial charge >= 0.3 is 0 Å². The maximum absolute atomic E-state index is 5.20. The number of aromatic nitrogens is 2. The van der Waals surface area contributed by atoms with E-state index >= 15 is 0 Å². The van der Waals surface area contributed by atoms with Crippen molar-refractivity contribution in [2.45, 2.75) is 78.1 Å². The first-order chi connectivity index (χ1) is 20.7. The van der Waals surface area contributed by atoms with Gasteiger partial charge in [0.15, 0.2) is 0 Å². The number of nitrogens with zero attached hydrogens (tertiary/aromatic N) is 2. The number of fused-ring (bicyclic) bond motifs is 7. The van der Waals surface area contributed by atoms with Gasteiger partial charge in [0.2, 0.25) is 0 Å². The first-order valence-corrected chi connectivity index (χ1v) is 18.7. The molecule has 0 spiro atoms. The van der Waals surface area contributed by atoms with Gasteiger partial charge < -0.3 is 0 Å². The maximum atomic E-state index is 5.20. The van der Waals surface area contributed by atoms with E-state index in [1.54, 1.807) is 0 Å². The van der Waals surface area contributed by atoms with Gasteiger partial charge in [0.05, 0.1) is 30.2 Å². The summed E-state index contributed by atoms with van der Waals surface area (Å²) in [6.07, 6.45) is 12.8. The van der Waals surface area contributed by atoms with Crippen molar-refractivity contribution in [2.24, 2.45) is 0 Å². The molecular weight excluding hydrogens is 589 g/mol. The van der Waals surface area contributed by atoms with Crippen LogP contribution < -0.4 is 0 Å². The van der Waals surface area contributed by atoms with Crippen LogP contribution in [0.5, 0.6) is 0 Å². The van der Waals surface area contributed by atoms with E-state index in [0.717, 1.165) is 21.0 Å². The number of thiophene rings is 2. The Morgan fingerprint density at radius 2 is 0.905 bits per heavy atom. The van der Waals surface area contributed by atoms with Crippen molar-refractivity contribution in [1.29, 1.82) is 0 Å². The van der Waals surface area contributed by atoms with E-state index < -0.39 is 0 Å². The Hall–Kier alpha value is -2.64. The molecule has 0 unspecified atom stereocenters. The number of hydrogen-bond donors (Lipinski definition) is 0. The third kappa shape index (κ3) is 5.55. The molecule has 7 aromatic rings. The fourth-order valence-electron chi connectivity index (χ4n) is 5.92. The maximum Gasteiger partial charge on any atom is 0.134 e. The molecule has 0 amide bonds. The molecule has 6 heteroatoms. The summed E-state index contributed by atoms with van der Waals surface area (Å²) in [6.45, 7) is 4.55. The van der Waals surface area contributed by atoms with Gasteiger partial charge in [-0.3, -0.25) is 0 Å². The molecule has 42 heavy (non-hydrogen) atoms. The Morgan fingerprint density at radius 3 is 1.36 bits per heavy atom. The van der Waals surface area contributed by atoms with Crippen LogP contribution in [0.3, 0.4) is 0 Å². The van der Waals surface area contributed by atoms with Crippen molar-refractivity contribution in [3.63, 3.8) is 0 Å². The Labute approximate surface area is 264 Å². The molecule has 7 rings (SSSR count). The monoisotopic (exact) mass is 624 g/mol. The van der Waals surface area contributed by atoms with E-state index in [9.17, 15) is 0 Å². The lowest BCUT2D eigenvalue weighted by Crippen LogP contribution is -1.81. The minimum Gasteiger partial charge on any atom is -0.235 e. The molecule has 3 aromatic carbocycles. The highest BCUT2D eigenvalue weighted by molar-refractivity contribution is 7.26. The summed E-state index contributed by atoms with van der Waals surface area (Å²) in [6, 6.07) is 22.8. The summed E-state index contributed by atoms with van der Waals surface area (Å²) in [7, 11) is 0. The number of rotatable bonds is 12. The standard InChI is InChI=1S/C36H36N2S4/c1-3-5-7-9-11-23-13-19-31(39-23)35-37-33-27-15-16-28-26(25(27)17-21-29(33)41-35)18-22-30-34(28)38-36(42-30)32-20-14-24(40-32)12-10-8-6-4-2/h13-22H,3-12H2,1-2H3. The van der Waals surface area contributed by atoms with E-state index in [0.29, 0.717) is 0 Å². The molecule has 2 nitrogen and oxygen atoms in total. The lowest BCUT2D eigenvalue weighted by molar-refractivity contribution is 0.670. The molecule has 4 aromatic heterocycles. The van der Waals surface area contributed by atoms with Crippen molar-refractivity contribution in [1.82, 2.24) is 9.97 Å². The Kier molecular flexibility index (Phi) is 8.40. The molecule has 214 valence electrons. The SMILES string of the molecule is CCCCCCc1ccc(-c2nc3c(ccc4c5ccc6sc(-c7ccc(CCCCCC)s7)nc6c5ccc43)s2)s1. The summed E-state index contributed by atoms with van der Waals surface area (Å²) in [5.74, 6) is 0. The highest BCUT2D eigenvalue weighted by Gasteiger charge is 2.16. The van der Waals surface area contributed by atoms with Gasteiger partial charge in [0, 0.05) is 20.5 Å². The quantitative estimate of drug-likeness (QED) is 0.0998. The van der Waals surface area contributed by atoms with Crippen molar-refractivity contribution in [2.75, 3.05) is 0 Å². The van der Waals surface area contributed by atoms with Crippen molar-refractivity contribution in [3.05, 3.63) is 70.4 Å². The molecular formula is C36H36N2S4. The third-order valence-electron chi connectivity index (χ3n) is 8.21. The Morgan fingerprint density at radius 1 is 0.452 bits per heavy atom. The number of unbranched alkanes of at least 4 members (excludes halogenated alkanes) is 6. The van der Waals surface area contributed by atoms with Crippen molar-refractivity contribution in [3.8, 4) is 19.8 Å². The molecule has 0 saturated carbocycles. The van der Waals surface area contributed by atoms with Crippen LogP contribution >= 0.6 is 45.3 Å². The first kappa shape index (κ1) is 28.1. The van der Waals surface area contributed by atoms with Crippen LogP contribution in [0, 0.1) is 0 Å². The average molecular weight is 625 g/mol. The van der Waals surface area contributed by atoms with Crippen LogP contribution in [0.15, 0.2) is 60.7 Å². The van der Waals surface area contributed by atoms with E-state index in [4.69, 9.17) is 9.97 Å². The smallest absolute Gasteiger partial charge is 0.134 e. The number of thiazole rings is 2. The molecule has 0 aliphatic carbocycles. The van der Waals surface area contributed by atoms with Crippen molar-refractivity contribution >= 4 is 87.3 Å². The Bertz CT molecular complexity index is 1840. The number of benzene rings is 3. The Balaban J connectivity index is 1.19. The molecule has 4 heterocycles. The van der Waals surface area contributed by atoms with Gasteiger partial charge in [-0.2, -0.15) is 0 Å². The van der Waals surface area contributed by atoms with Gasteiger partial charge in [-0.05, 0) is 72.9 Å². The van der Waals surface area contributed by atoms with Crippen LogP contribution in [-0.4, -0.2) is 9.97 Å². The van der Waals surface area contributed by atoms with Gasteiger partial charge in [-0.1, -0.05) is 76.6 Å². The summed E-state index contributed by atoms with van der Waals surface area (Å²) < 4.78 is 2.52. The predicted octanol–water partition coefficient (Wildman–Crippen LogP) is 12.9. The molecule has 0 aliphatic rings. The molecule has 0 N–H and O–H groups in total. The van der Waals surface area contributed by atoms with E-state index in [1.807, 2.05) is 45.3 Å². The van der Waals surface area contributed by atoms with Gasteiger partial charge in [-0.15, -0.1) is 45.3 Å². The van der Waals surface area contributed by atoms with E-state index in [1.165, 1.54) is 115 Å². The van der Waals surface area contributed by atoms with E-state index in [2.05, 4.69) is 74.5 Å². The first-order valence-electron chi connectivity index (χ1n) is 15.5. The lowest BCUT2D eigenvalue weighted by atomic mass is 10.0. The highest BCUT2D eigenvalue weighted by Crippen LogP contribution is 2.42. The van der Waals surface area contributed by atoms with Gasteiger partial charge in [-0.25, -0.2) is 9.97 Å². The molecule has 0 radical (unpaired) electrons. The second-order valence-corrected chi connectivity index (χ2v) is 15.7. The predicted molar refractivity (Wildman–Crippen MR) is 190 cm³/mol. The van der Waals surface area contributed by atoms with Crippen LogP contribution in [0.4, 0.5) is 0 Å². The van der Waals surface area contributed by atoms with E-state index in [-0.39, 0.29) is 0 Å². The molecule has 0 fully saturated rings. The molecule has 0 saturated heterocycles. The molecule has 0 aliphatic heterocycles. The number of aryl methyl sites for hydroxylation is 2. The summed E-state index contributed by atoms with van der Waals surface area (Å²) in [4.78, 5) is 15.9. The second-order valence-electron chi connectivity index (χ2n) is 11.3. The zero-order valence-corrected chi connectivity index (χ0v) is 27.6. The fraction of sp³-hybridized carbons (Fsp3) is 0.333. The summed E-state index contributed by atoms with van der Waals surface area (Å²) in [5.41, 5.74) is 2.24. The lowest BCUT2D eigenvalue weighted by Gasteiger charge is -2.05. The minimum atomic E-state index is 1.12. The highest BCUT2D eigenvalue weighted by atomic mass is 32.1. The normalized spacial score (nSPS) is 12.0. The van der Waals surface area contributed by atoms with Crippen LogP contribution in [-0.2, 0) is 12.8 Å². The largest absolute Gasteiger partial charge is 0.235 e. The molecule has 0 bridgehead atoms. The van der Waals surface area contributed by atoms with Gasteiger partial charge in [0.1, 0.15) is 10.0 Å². The van der Waals surface area contributed by atoms with Crippen LogP contribution in [0.2, 0.25) is 0 Å². The topological polar surface area (TPSA) is 25.8 Å². The second kappa shape index (κ2) is 12.5. The molecule has 0 atom stereocenters. The summed E-state index contributed by atoms with van der Waals surface area (Å²) in [5, 5.41) is 7.28.